The Hall–Kier alpha value is -2.54. The number of alkyl halides is 3. The highest BCUT2D eigenvalue weighted by Crippen LogP contribution is 2.42. The molecule has 7 heteroatoms. The predicted molar refractivity (Wildman–Crippen MR) is 129 cm³/mol. The molecular formula is C26H33F3N2OSi. The van der Waals surface area contributed by atoms with Crippen LogP contribution in [0.4, 0.5) is 13.2 Å². The van der Waals surface area contributed by atoms with Gasteiger partial charge < -0.3 is 4.43 Å². The molecule has 33 heavy (non-hydrogen) atoms. The van der Waals surface area contributed by atoms with Crippen LogP contribution in [0.15, 0.2) is 54.6 Å². The molecule has 0 saturated heterocycles. The van der Waals surface area contributed by atoms with Crippen LogP contribution in [0.1, 0.15) is 55.6 Å². The normalized spacial score (nSPS) is 12.8. The van der Waals surface area contributed by atoms with Crippen LogP contribution in [0, 0.1) is 0 Å². The van der Waals surface area contributed by atoms with Gasteiger partial charge in [0.05, 0.1) is 6.54 Å². The molecule has 0 atom stereocenters. The second-order valence-corrected chi connectivity index (χ2v) is 14.7. The molecular weight excluding hydrogens is 441 g/mol. The lowest BCUT2D eigenvalue weighted by Crippen LogP contribution is -2.44. The number of nitrogens with zero attached hydrogens (tertiary/aromatic N) is 2. The van der Waals surface area contributed by atoms with E-state index in [0.29, 0.717) is 0 Å². The summed E-state index contributed by atoms with van der Waals surface area (Å²) >= 11 is 0. The van der Waals surface area contributed by atoms with Crippen LogP contribution in [0.3, 0.4) is 0 Å². The fourth-order valence-corrected chi connectivity index (χ4v) is 4.35. The van der Waals surface area contributed by atoms with Crippen molar-refractivity contribution in [3.05, 3.63) is 82.5 Å². The van der Waals surface area contributed by atoms with Gasteiger partial charge in [-0.25, -0.2) is 0 Å². The van der Waals surface area contributed by atoms with Crippen molar-refractivity contribution in [3.63, 3.8) is 0 Å². The maximum absolute atomic E-state index is 14.4. The van der Waals surface area contributed by atoms with Gasteiger partial charge in [0.25, 0.3) is 8.32 Å². The predicted octanol–water partition coefficient (Wildman–Crippen LogP) is 7.49. The van der Waals surface area contributed by atoms with E-state index in [1.165, 1.54) is 0 Å². The molecule has 1 aromatic heterocycles. The van der Waals surface area contributed by atoms with Crippen molar-refractivity contribution in [3.8, 4) is 5.88 Å². The standard InChI is InChI=1S/C26H33F3N2OSi/c1-7-19-13-15-20(16-14-19)17-22-23(26(27,28)29)31(18-21-11-9-8-10-12-21)30-24(22)32-33(5,6)25(2,3)4/h8-16H,7,17-18H2,1-6H3. The maximum Gasteiger partial charge on any atom is 0.433 e. The van der Waals surface area contributed by atoms with E-state index in [9.17, 15) is 13.2 Å². The molecule has 0 N–H and O–H groups in total. The molecule has 3 aromatic rings. The van der Waals surface area contributed by atoms with Crippen molar-refractivity contribution >= 4 is 8.32 Å². The van der Waals surface area contributed by atoms with Gasteiger partial charge in [0.1, 0.15) is 5.69 Å². The number of hydrogen-bond donors (Lipinski definition) is 0. The summed E-state index contributed by atoms with van der Waals surface area (Å²) in [6.07, 6.45) is -3.57. The van der Waals surface area contributed by atoms with Crippen LogP contribution in [0.5, 0.6) is 5.88 Å². The lowest BCUT2D eigenvalue weighted by Gasteiger charge is -2.35. The summed E-state index contributed by atoms with van der Waals surface area (Å²) in [5.74, 6) is 0.101. The first kappa shape index (κ1) is 25.1. The first-order chi connectivity index (χ1) is 15.3. The summed E-state index contributed by atoms with van der Waals surface area (Å²) < 4.78 is 50.7. The maximum atomic E-state index is 14.4. The second kappa shape index (κ2) is 9.37. The van der Waals surface area contributed by atoms with Crippen molar-refractivity contribution in [1.29, 1.82) is 0 Å². The fraction of sp³-hybridized carbons (Fsp3) is 0.423. The van der Waals surface area contributed by atoms with E-state index in [2.05, 4.69) is 32.8 Å². The lowest BCUT2D eigenvalue weighted by molar-refractivity contribution is -0.144. The first-order valence-corrected chi connectivity index (χ1v) is 14.2. The minimum atomic E-state index is -4.56. The number of aromatic nitrogens is 2. The molecule has 2 aromatic carbocycles. The van der Waals surface area contributed by atoms with E-state index in [0.717, 1.165) is 27.8 Å². The van der Waals surface area contributed by atoms with E-state index in [1.54, 1.807) is 12.1 Å². The highest BCUT2D eigenvalue weighted by atomic mass is 28.4. The average Bonchev–Trinajstić information content (AvgIpc) is 3.04. The SMILES string of the molecule is CCc1ccc(Cc2c(O[Si](C)(C)C(C)(C)C)nn(Cc3ccccc3)c2C(F)(F)F)cc1. The summed E-state index contributed by atoms with van der Waals surface area (Å²) in [5, 5.41) is 4.24. The molecule has 3 nitrogen and oxygen atoms in total. The molecule has 1 heterocycles. The number of hydrogen-bond acceptors (Lipinski definition) is 2. The van der Waals surface area contributed by atoms with Crippen LogP contribution in [0.25, 0.3) is 0 Å². The van der Waals surface area contributed by atoms with Crippen LogP contribution in [-0.2, 0) is 25.6 Å². The van der Waals surface area contributed by atoms with Gasteiger partial charge in [-0.15, -0.1) is 5.10 Å². The van der Waals surface area contributed by atoms with E-state index in [-0.39, 0.29) is 29.4 Å². The third kappa shape index (κ3) is 5.88. The highest BCUT2D eigenvalue weighted by Gasteiger charge is 2.44. The van der Waals surface area contributed by atoms with Gasteiger partial charge >= 0.3 is 6.18 Å². The van der Waals surface area contributed by atoms with Gasteiger partial charge in [-0.3, -0.25) is 4.68 Å². The molecule has 178 valence electrons. The summed E-state index contributed by atoms with van der Waals surface area (Å²) in [4.78, 5) is 0. The first-order valence-electron chi connectivity index (χ1n) is 11.3. The third-order valence-corrected chi connectivity index (χ3v) is 10.7. The zero-order valence-corrected chi connectivity index (χ0v) is 21.3. The molecule has 3 rings (SSSR count). The van der Waals surface area contributed by atoms with Crippen LogP contribution < -0.4 is 4.43 Å². The minimum absolute atomic E-state index is 0.0261. The molecule has 0 aliphatic carbocycles. The quantitative estimate of drug-likeness (QED) is 0.332. The second-order valence-electron chi connectivity index (χ2n) is 9.98. The lowest BCUT2D eigenvalue weighted by atomic mass is 10.0. The molecule has 0 bridgehead atoms. The monoisotopic (exact) mass is 474 g/mol. The van der Waals surface area contributed by atoms with E-state index in [1.807, 2.05) is 55.6 Å². The molecule has 0 fully saturated rings. The topological polar surface area (TPSA) is 27.1 Å². The summed E-state index contributed by atoms with van der Waals surface area (Å²) in [6.45, 7) is 12.3. The Morgan fingerprint density at radius 1 is 0.879 bits per heavy atom. The summed E-state index contributed by atoms with van der Waals surface area (Å²) in [5.41, 5.74) is 2.07. The molecule has 0 unspecified atom stereocenters. The molecule has 0 spiro atoms. The number of aryl methyl sites for hydroxylation is 1. The molecule has 0 aliphatic rings. The zero-order chi connectivity index (χ0) is 24.4. The Morgan fingerprint density at radius 2 is 1.45 bits per heavy atom. The van der Waals surface area contributed by atoms with Crippen LogP contribution >= 0.6 is 0 Å². The van der Waals surface area contributed by atoms with Gasteiger partial charge in [-0.05, 0) is 41.2 Å². The smallest absolute Gasteiger partial charge is 0.433 e. The Balaban J connectivity index is 2.14. The molecule has 0 saturated carbocycles. The number of halogens is 3. The van der Waals surface area contributed by atoms with Crippen molar-refractivity contribution in [2.45, 2.75) is 71.4 Å². The Morgan fingerprint density at radius 3 is 1.97 bits per heavy atom. The van der Waals surface area contributed by atoms with Crippen molar-refractivity contribution in [1.82, 2.24) is 9.78 Å². The van der Waals surface area contributed by atoms with Gasteiger partial charge in [0, 0.05) is 12.0 Å². The van der Waals surface area contributed by atoms with Crippen LogP contribution in [-0.4, -0.2) is 18.1 Å². The van der Waals surface area contributed by atoms with Gasteiger partial charge in [0.2, 0.25) is 5.88 Å². The van der Waals surface area contributed by atoms with Gasteiger partial charge in [0.15, 0.2) is 0 Å². The van der Waals surface area contributed by atoms with Crippen molar-refractivity contribution < 1.29 is 17.6 Å². The average molecular weight is 475 g/mol. The number of rotatable bonds is 7. The van der Waals surface area contributed by atoms with Crippen LogP contribution in [0.2, 0.25) is 18.1 Å². The molecule has 0 aliphatic heterocycles. The highest BCUT2D eigenvalue weighted by molar-refractivity contribution is 6.74. The van der Waals surface area contributed by atoms with Gasteiger partial charge in [-0.1, -0.05) is 82.3 Å². The zero-order valence-electron chi connectivity index (χ0n) is 20.3. The van der Waals surface area contributed by atoms with Gasteiger partial charge in [-0.2, -0.15) is 13.2 Å². The molecule has 0 radical (unpaired) electrons. The summed E-state index contributed by atoms with van der Waals surface area (Å²) in [7, 11) is -2.41. The Labute approximate surface area is 195 Å². The van der Waals surface area contributed by atoms with Crippen molar-refractivity contribution in [2.24, 2.45) is 0 Å². The largest absolute Gasteiger partial charge is 0.529 e. The summed E-state index contributed by atoms with van der Waals surface area (Å²) in [6, 6.07) is 16.8. The Kier molecular flexibility index (Phi) is 7.12. The third-order valence-electron chi connectivity index (χ3n) is 6.43. The molecule has 0 amide bonds. The van der Waals surface area contributed by atoms with E-state index in [4.69, 9.17) is 4.43 Å². The fourth-order valence-electron chi connectivity index (χ4n) is 3.40. The van der Waals surface area contributed by atoms with E-state index < -0.39 is 20.2 Å². The van der Waals surface area contributed by atoms with E-state index >= 15 is 0 Å². The Bertz CT molecular complexity index is 1070. The van der Waals surface area contributed by atoms with Crippen molar-refractivity contribution in [2.75, 3.05) is 0 Å². The minimum Gasteiger partial charge on any atom is -0.529 e. The number of benzene rings is 2.